The largest absolute Gasteiger partial charge is 0.301 e. The van der Waals surface area contributed by atoms with Gasteiger partial charge in [0.05, 0.1) is 10.0 Å². The van der Waals surface area contributed by atoms with Crippen molar-refractivity contribution in [1.29, 1.82) is 0 Å². The maximum absolute atomic E-state index is 13.1. The molecule has 0 radical (unpaired) electrons. The zero-order valence-corrected chi connectivity index (χ0v) is 20.3. The summed E-state index contributed by atoms with van der Waals surface area (Å²) in [4.78, 5) is 17.6. The van der Waals surface area contributed by atoms with Crippen LogP contribution in [0.4, 0.5) is 5.13 Å². The number of nitrogens with one attached hydrogen (secondary N) is 1. The molecule has 2 aromatic heterocycles. The Kier molecular flexibility index (Phi) is 6.50. The predicted molar refractivity (Wildman–Crippen MR) is 127 cm³/mol. The maximum Gasteiger partial charge on any atom is 0.253 e. The number of benzene rings is 1. The van der Waals surface area contributed by atoms with Crippen molar-refractivity contribution in [2.24, 2.45) is 0 Å². The van der Waals surface area contributed by atoms with Crippen molar-refractivity contribution in [3.05, 3.63) is 51.2 Å². The van der Waals surface area contributed by atoms with Gasteiger partial charge >= 0.3 is 0 Å². The van der Waals surface area contributed by atoms with Crippen molar-refractivity contribution in [1.82, 2.24) is 9.29 Å². The molecule has 1 aromatic carbocycles. The average molecular weight is 496 g/mol. The number of piperidine rings is 1. The third-order valence-electron chi connectivity index (χ3n) is 5.40. The molecule has 10 heteroatoms. The third kappa shape index (κ3) is 4.70. The summed E-state index contributed by atoms with van der Waals surface area (Å²) in [5, 5.41) is 5.18. The summed E-state index contributed by atoms with van der Waals surface area (Å²) in [5.41, 5.74) is 4.15. The van der Waals surface area contributed by atoms with Crippen LogP contribution in [0, 0.1) is 13.8 Å². The topological polar surface area (TPSA) is 79.4 Å². The molecule has 3 aromatic rings. The highest BCUT2D eigenvalue weighted by atomic mass is 35.5. The molecule has 31 heavy (non-hydrogen) atoms. The lowest BCUT2D eigenvalue weighted by Gasteiger charge is -2.32. The van der Waals surface area contributed by atoms with E-state index in [1.54, 1.807) is 6.07 Å². The minimum absolute atomic E-state index is 0.156. The number of halogens is 1. The third-order valence-corrected chi connectivity index (χ3v) is 9.77. The number of hydrogen-bond donors (Lipinski definition) is 1. The minimum atomic E-state index is -3.78. The summed E-state index contributed by atoms with van der Waals surface area (Å²) in [6.45, 7) is 4.41. The van der Waals surface area contributed by atoms with Crippen molar-refractivity contribution < 1.29 is 13.2 Å². The summed E-state index contributed by atoms with van der Waals surface area (Å²) in [7, 11) is -3.78. The molecule has 1 amide bonds. The summed E-state index contributed by atoms with van der Waals surface area (Å²) >= 11 is 8.26. The van der Waals surface area contributed by atoms with Gasteiger partial charge in [0.15, 0.2) is 5.13 Å². The Hall–Kier alpha value is -1.78. The van der Waals surface area contributed by atoms with Crippen molar-refractivity contribution in [2.75, 3.05) is 11.9 Å². The quantitative estimate of drug-likeness (QED) is 0.519. The lowest BCUT2D eigenvalue weighted by Crippen LogP contribution is -2.49. The molecule has 0 spiro atoms. The summed E-state index contributed by atoms with van der Waals surface area (Å²) in [6, 6.07) is 8.39. The van der Waals surface area contributed by atoms with Gasteiger partial charge in [0.2, 0.25) is 5.91 Å². The molecule has 1 aliphatic heterocycles. The van der Waals surface area contributed by atoms with E-state index in [1.807, 2.05) is 24.4 Å². The zero-order chi connectivity index (χ0) is 22.2. The minimum Gasteiger partial charge on any atom is -0.301 e. The normalized spacial score (nSPS) is 17.6. The van der Waals surface area contributed by atoms with Gasteiger partial charge in [-0.2, -0.15) is 4.31 Å². The first-order valence-corrected chi connectivity index (χ1v) is 13.4. The van der Waals surface area contributed by atoms with Gasteiger partial charge in [-0.15, -0.1) is 22.7 Å². The lowest BCUT2D eigenvalue weighted by atomic mass is 10.0. The van der Waals surface area contributed by atoms with E-state index >= 15 is 0 Å². The van der Waals surface area contributed by atoms with E-state index in [2.05, 4.69) is 23.3 Å². The number of anilines is 1. The van der Waals surface area contributed by atoms with Gasteiger partial charge < -0.3 is 5.32 Å². The highest BCUT2D eigenvalue weighted by Gasteiger charge is 2.38. The van der Waals surface area contributed by atoms with Crippen LogP contribution in [-0.4, -0.2) is 36.2 Å². The Morgan fingerprint density at radius 3 is 2.71 bits per heavy atom. The van der Waals surface area contributed by atoms with Crippen LogP contribution in [0.1, 0.15) is 30.4 Å². The van der Waals surface area contributed by atoms with Gasteiger partial charge in [-0.05, 0) is 56.0 Å². The fourth-order valence-electron chi connectivity index (χ4n) is 3.56. The Bertz CT molecular complexity index is 1220. The molecule has 1 N–H and O–H groups in total. The second-order valence-electron chi connectivity index (χ2n) is 7.51. The number of carbonyl (C=O) groups excluding carboxylic acids is 1. The zero-order valence-electron chi connectivity index (χ0n) is 17.1. The molecule has 0 aliphatic carbocycles. The number of aryl methyl sites for hydroxylation is 2. The van der Waals surface area contributed by atoms with Crippen LogP contribution in [0.3, 0.4) is 0 Å². The van der Waals surface area contributed by atoms with Gasteiger partial charge in [-0.1, -0.05) is 30.2 Å². The Balaban J connectivity index is 1.53. The molecule has 164 valence electrons. The van der Waals surface area contributed by atoms with Crippen LogP contribution < -0.4 is 5.32 Å². The molecule has 6 nitrogen and oxygen atoms in total. The Labute approximate surface area is 194 Å². The highest BCUT2D eigenvalue weighted by molar-refractivity contribution is 7.91. The van der Waals surface area contributed by atoms with Gasteiger partial charge in [-0.25, -0.2) is 13.4 Å². The monoisotopic (exact) mass is 495 g/mol. The van der Waals surface area contributed by atoms with E-state index in [-0.39, 0.29) is 10.1 Å². The van der Waals surface area contributed by atoms with E-state index in [4.69, 9.17) is 11.6 Å². The number of thiazole rings is 1. The summed E-state index contributed by atoms with van der Waals surface area (Å²) in [5.74, 6) is -0.355. The van der Waals surface area contributed by atoms with Crippen molar-refractivity contribution in [3.8, 4) is 11.3 Å². The van der Waals surface area contributed by atoms with Crippen LogP contribution >= 0.6 is 34.3 Å². The van der Waals surface area contributed by atoms with Crippen molar-refractivity contribution in [3.63, 3.8) is 0 Å². The first-order chi connectivity index (χ1) is 14.8. The van der Waals surface area contributed by atoms with Crippen LogP contribution in [0.2, 0.25) is 4.34 Å². The van der Waals surface area contributed by atoms with Crippen LogP contribution in [0.15, 0.2) is 39.9 Å². The molecule has 4 rings (SSSR count). The number of aromatic nitrogens is 1. The number of nitrogens with zero attached hydrogens (tertiary/aromatic N) is 2. The molecule has 0 saturated carbocycles. The highest BCUT2D eigenvalue weighted by Crippen LogP contribution is 2.32. The van der Waals surface area contributed by atoms with Crippen LogP contribution in [-0.2, 0) is 14.8 Å². The predicted octanol–water partition coefficient (Wildman–Crippen LogP) is 5.32. The second-order valence-corrected chi connectivity index (χ2v) is 12.2. The Morgan fingerprint density at radius 2 is 2.00 bits per heavy atom. The number of amides is 1. The first kappa shape index (κ1) is 22.4. The van der Waals surface area contributed by atoms with E-state index < -0.39 is 16.1 Å². The van der Waals surface area contributed by atoms with Crippen molar-refractivity contribution in [2.45, 2.75) is 43.4 Å². The molecular weight excluding hydrogens is 474 g/mol. The molecule has 1 saturated heterocycles. The maximum atomic E-state index is 13.1. The van der Waals surface area contributed by atoms with E-state index in [1.165, 1.54) is 32.8 Å². The van der Waals surface area contributed by atoms with Gasteiger partial charge in [-0.3, -0.25) is 4.79 Å². The Morgan fingerprint density at radius 1 is 1.19 bits per heavy atom. The van der Waals surface area contributed by atoms with E-state index in [0.717, 1.165) is 35.4 Å². The molecule has 3 heterocycles. The molecule has 1 atom stereocenters. The van der Waals surface area contributed by atoms with Crippen LogP contribution in [0.25, 0.3) is 11.3 Å². The number of carbonyl (C=O) groups is 1. The summed E-state index contributed by atoms with van der Waals surface area (Å²) < 4.78 is 28.1. The number of sulfonamides is 1. The average Bonchev–Trinajstić information content (AvgIpc) is 3.39. The molecular formula is C21H22ClN3O3S3. The van der Waals surface area contributed by atoms with E-state index in [0.29, 0.717) is 22.4 Å². The summed E-state index contributed by atoms with van der Waals surface area (Å²) in [6.07, 6.45) is 1.98. The molecule has 1 fully saturated rings. The SMILES string of the molecule is Cc1ccc(-c2csc(NC(=O)C3CCCCN3S(=O)(=O)c3ccc(Cl)s3)n2)cc1C. The molecule has 1 aliphatic rings. The smallest absolute Gasteiger partial charge is 0.253 e. The molecule has 1 unspecified atom stereocenters. The fourth-order valence-corrected chi connectivity index (χ4v) is 7.55. The lowest BCUT2D eigenvalue weighted by molar-refractivity contribution is -0.120. The van der Waals surface area contributed by atoms with Crippen molar-refractivity contribution >= 4 is 55.3 Å². The van der Waals surface area contributed by atoms with Gasteiger partial charge in [0.25, 0.3) is 10.0 Å². The standard InChI is InChI=1S/C21H22ClN3O3S3/c1-13-6-7-15(11-14(13)2)16-12-29-21(23-16)24-20(26)17-5-3-4-10-25(17)31(27,28)19-9-8-18(22)30-19/h6-9,11-12,17H,3-5,10H2,1-2H3,(H,23,24,26). The van der Waals surface area contributed by atoms with E-state index in [9.17, 15) is 13.2 Å². The first-order valence-electron chi connectivity index (χ1n) is 9.87. The second kappa shape index (κ2) is 8.99. The molecule has 0 bridgehead atoms. The number of thiophene rings is 1. The number of rotatable bonds is 5. The fraction of sp³-hybridized carbons (Fsp3) is 0.333. The van der Waals surface area contributed by atoms with Gasteiger partial charge in [0, 0.05) is 17.5 Å². The number of hydrogen-bond acceptors (Lipinski definition) is 6. The van der Waals surface area contributed by atoms with Gasteiger partial charge in [0.1, 0.15) is 10.3 Å². The van der Waals surface area contributed by atoms with Crippen LogP contribution in [0.5, 0.6) is 0 Å².